The Morgan fingerprint density at radius 3 is 2.50 bits per heavy atom. The van der Waals surface area contributed by atoms with Gasteiger partial charge in [0.15, 0.2) is 0 Å². The standard InChI is InChI=1S/C28H30O4/c1-19(2)27(29)31-17-6-5-8-21-9-7-10-22-12-13-23-18-24(32-28(30)20(3)4)14-16-26(23)25(22)15-11-21/h9,11-16,18H,1,3,5-8,10,17H2,2,4H3/b15-11-,21-9-. The number of carbonyl (C=O) groups excluding carboxylic acids is 2. The van der Waals surface area contributed by atoms with Crippen molar-refractivity contribution in [2.24, 2.45) is 0 Å². The Morgan fingerprint density at radius 2 is 1.75 bits per heavy atom. The summed E-state index contributed by atoms with van der Waals surface area (Å²) in [5.41, 5.74) is 4.62. The molecular formula is C28H30O4. The molecule has 2 aromatic rings. The fourth-order valence-electron chi connectivity index (χ4n) is 3.63. The maximum Gasteiger partial charge on any atom is 0.338 e. The van der Waals surface area contributed by atoms with Crippen LogP contribution >= 0.6 is 0 Å². The number of fused-ring (bicyclic) bond motifs is 3. The van der Waals surface area contributed by atoms with Gasteiger partial charge >= 0.3 is 11.9 Å². The van der Waals surface area contributed by atoms with Crippen molar-refractivity contribution >= 4 is 28.8 Å². The van der Waals surface area contributed by atoms with Crippen molar-refractivity contribution in [3.05, 3.63) is 83.5 Å². The van der Waals surface area contributed by atoms with Crippen molar-refractivity contribution < 1.29 is 19.1 Å². The number of hydrogen-bond donors (Lipinski definition) is 0. The maximum absolute atomic E-state index is 11.8. The molecule has 0 radical (unpaired) electrons. The minimum Gasteiger partial charge on any atom is -0.462 e. The molecule has 3 rings (SSSR count). The number of carbonyl (C=O) groups is 2. The molecule has 0 saturated carbocycles. The highest BCUT2D eigenvalue weighted by Crippen LogP contribution is 2.30. The van der Waals surface area contributed by atoms with Crippen LogP contribution < -0.4 is 4.74 Å². The van der Waals surface area contributed by atoms with Crippen LogP contribution in [0, 0.1) is 0 Å². The van der Waals surface area contributed by atoms with Crippen LogP contribution in [0.3, 0.4) is 0 Å². The fraction of sp³-hybridized carbons (Fsp3) is 0.286. The third-order valence-electron chi connectivity index (χ3n) is 5.41. The minimum absolute atomic E-state index is 0.323. The van der Waals surface area contributed by atoms with E-state index in [1.54, 1.807) is 13.8 Å². The number of hydrogen-bond acceptors (Lipinski definition) is 4. The third-order valence-corrected chi connectivity index (χ3v) is 5.41. The van der Waals surface area contributed by atoms with E-state index in [-0.39, 0.29) is 5.97 Å². The van der Waals surface area contributed by atoms with Crippen LogP contribution in [-0.4, -0.2) is 18.5 Å². The average Bonchev–Trinajstić information content (AvgIpc) is 2.74. The van der Waals surface area contributed by atoms with Crippen molar-refractivity contribution in [1.29, 1.82) is 0 Å². The number of allylic oxidation sites excluding steroid dienone is 3. The second kappa shape index (κ2) is 10.8. The Labute approximate surface area is 189 Å². The van der Waals surface area contributed by atoms with Gasteiger partial charge in [-0.1, -0.05) is 55.2 Å². The topological polar surface area (TPSA) is 52.6 Å². The lowest BCUT2D eigenvalue weighted by Crippen LogP contribution is -2.08. The molecule has 1 aliphatic carbocycles. The first-order valence-electron chi connectivity index (χ1n) is 11.0. The quantitative estimate of drug-likeness (QED) is 0.208. The van der Waals surface area contributed by atoms with Crippen LogP contribution in [0.2, 0.25) is 0 Å². The highest BCUT2D eigenvalue weighted by Gasteiger charge is 2.11. The summed E-state index contributed by atoms with van der Waals surface area (Å²) in [5.74, 6) is -0.219. The lowest BCUT2D eigenvalue weighted by atomic mass is 9.92. The van der Waals surface area contributed by atoms with Gasteiger partial charge in [0.25, 0.3) is 0 Å². The molecule has 0 heterocycles. The average molecular weight is 431 g/mol. The number of unbranched alkanes of at least 4 members (excludes halogenated alkanes) is 1. The predicted octanol–water partition coefficient (Wildman–Crippen LogP) is 6.50. The van der Waals surface area contributed by atoms with Gasteiger partial charge in [-0.15, -0.1) is 0 Å². The normalized spacial score (nSPS) is 15.5. The van der Waals surface area contributed by atoms with E-state index < -0.39 is 5.97 Å². The van der Waals surface area contributed by atoms with Crippen molar-refractivity contribution in [1.82, 2.24) is 0 Å². The van der Waals surface area contributed by atoms with E-state index in [2.05, 4.69) is 43.5 Å². The summed E-state index contributed by atoms with van der Waals surface area (Å²) in [5, 5.41) is 2.17. The van der Waals surface area contributed by atoms with E-state index in [9.17, 15) is 9.59 Å². The number of esters is 2. The largest absolute Gasteiger partial charge is 0.462 e. The molecule has 0 aliphatic heterocycles. The molecule has 0 unspecified atom stereocenters. The lowest BCUT2D eigenvalue weighted by Gasteiger charge is -2.14. The van der Waals surface area contributed by atoms with Gasteiger partial charge in [-0.25, -0.2) is 9.59 Å². The Balaban J connectivity index is 1.69. The minimum atomic E-state index is -0.417. The number of benzene rings is 2. The van der Waals surface area contributed by atoms with Crippen LogP contribution in [0.4, 0.5) is 0 Å². The van der Waals surface area contributed by atoms with Crippen LogP contribution in [0.15, 0.2) is 72.4 Å². The van der Waals surface area contributed by atoms with Crippen molar-refractivity contribution in [3.63, 3.8) is 0 Å². The second-order valence-corrected chi connectivity index (χ2v) is 8.22. The van der Waals surface area contributed by atoms with Crippen LogP contribution in [-0.2, 0) is 20.7 Å². The first-order chi connectivity index (χ1) is 15.3. The Kier molecular flexibility index (Phi) is 7.82. The lowest BCUT2D eigenvalue weighted by molar-refractivity contribution is -0.139. The first-order valence-corrected chi connectivity index (χ1v) is 11.0. The summed E-state index contributed by atoms with van der Waals surface area (Å²) in [7, 11) is 0. The van der Waals surface area contributed by atoms with Gasteiger partial charge in [-0.2, -0.15) is 0 Å². The van der Waals surface area contributed by atoms with E-state index in [1.165, 1.54) is 16.7 Å². The van der Waals surface area contributed by atoms with Crippen LogP contribution in [0.1, 0.15) is 50.7 Å². The molecule has 0 saturated heterocycles. The summed E-state index contributed by atoms with van der Waals surface area (Å²) >= 11 is 0. The van der Waals surface area contributed by atoms with E-state index in [1.807, 2.05) is 18.2 Å². The van der Waals surface area contributed by atoms with Crippen molar-refractivity contribution in [2.75, 3.05) is 6.61 Å². The van der Waals surface area contributed by atoms with Crippen LogP contribution in [0.5, 0.6) is 5.75 Å². The molecule has 32 heavy (non-hydrogen) atoms. The molecule has 1 aliphatic rings. The van der Waals surface area contributed by atoms with Gasteiger partial charge in [0.1, 0.15) is 5.75 Å². The zero-order valence-electron chi connectivity index (χ0n) is 18.9. The Bertz CT molecular complexity index is 1120. The van der Waals surface area contributed by atoms with Crippen molar-refractivity contribution in [3.8, 4) is 5.75 Å². The van der Waals surface area contributed by atoms with Crippen LogP contribution in [0.25, 0.3) is 16.8 Å². The van der Waals surface area contributed by atoms with E-state index in [0.717, 1.165) is 42.9 Å². The predicted molar refractivity (Wildman–Crippen MR) is 129 cm³/mol. The van der Waals surface area contributed by atoms with Gasteiger partial charge in [0, 0.05) is 11.1 Å². The highest BCUT2D eigenvalue weighted by atomic mass is 16.5. The van der Waals surface area contributed by atoms with Gasteiger partial charge in [-0.3, -0.25) is 0 Å². The van der Waals surface area contributed by atoms with E-state index in [0.29, 0.717) is 23.5 Å². The van der Waals surface area contributed by atoms with E-state index >= 15 is 0 Å². The summed E-state index contributed by atoms with van der Waals surface area (Å²) in [6, 6.07) is 9.98. The summed E-state index contributed by atoms with van der Waals surface area (Å²) in [6.45, 7) is 10.9. The molecule has 0 amide bonds. The molecule has 4 nitrogen and oxygen atoms in total. The zero-order chi connectivity index (χ0) is 23.1. The molecule has 0 fully saturated rings. The zero-order valence-corrected chi connectivity index (χ0v) is 18.9. The SMILES string of the molecule is C=C(C)C(=O)OCCCCC1=C/CCc2ccc3cc(OC(=O)C(=C)C)ccc3c2/C=C\1. The molecule has 166 valence electrons. The molecule has 0 aromatic heterocycles. The smallest absolute Gasteiger partial charge is 0.338 e. The van der Waals surface area contributed by atoms with E-state index in [4.69, 9.17) is 9.47 Å². The maximum atomic E-state index is 11.8. The Morgan fingerprint density at radius 1 is 0.969 bits per heavy atom. The molecule has 4 heteroatoms. The molecule has 0 N–H and O–H groups in total. The monoisotopic (exact) mass is 430 g/mol. The molecule has 0 bridgehead atoms. The third kappa shape index (κ3) is 6.07. The van der Waals surface area contributed by atoms with Crippen molar-refractivity contribution in [2.45, 2.75) is 46.0 Å². The molecular weight excluding hydrogens is 400 g/mol. The van der Waals surface area contributed by atoms with Gasteiger partial charge < -0.3 is 9.47 Å². The molecule has 0 spiro atoms. The molecule has 0 atom stereocenters. The van der Waals surface area contributed by atoms with Gasteiger partial charge in [-0.05, 0) is 80.0 Å². The fourth-order valence-corrected chi connectivity index (χ4v) is 3.63. The number of ether oxygens (including phenoxy) is 2. The molecule has 2 aromatic carbocycles. The number of aryl methyl sites for hydroxylation is 1. The second-order valence-electron chi connectivity index (χ2n) is 8.22. The number of rotatable bonds is 8. The van der Waals surface area contributed by atoms with Gasteiger partial charge in [0.05, 0.1) is 6.61 Å². The van der Waals surface area contributed by atoms with Gasteiger partial charge in [0.2, 0.25) is 0 Å². The Hall–Kier alpha value is -3.40. The summed E-state index contributed by atoms with van der Waals surface area (Å²) in [6.07, 6.45) is 11.4. The highest BCUT2D eigenvalue weighted by molar-refractivity contribution is 5.94. The summed E-state index contributed by atoms with van der Waals surface area (Å²) < 4.78 is 10.5. The summed E-state index contributed by atoms with van der Waals surface area (Å²) in [4.78, 5) is 23.3. The first kappa shape index (κ1) is 23.3.